The first kappa shape index (κ1) is 21.9. The van der Waals surface area contributed by atoms with Crippen LogP contribution in [0, 0.1) is 5.82 Å². The molecular weight excluding hydrogens is 399 g/mol. The molecule has 2 fully saturated rings. The normalized spacial score (nSPS) is 21.3. The number of ether oxygens (including phenoxy) is 1. The van der Waals surface area contributed by atoms with Gasteiger partial charge in [-0.3, -0.25) is 4.90 Å². The van der Waals surface area contributed by atoms with Gasteiger partial charge in [-0.25, -0.2) is 14.0 Å². The van der Waals surface area contributed by atoms with Crippen LogP contribution < -0.4 is 10.2 Å². The van der Waals surface area contributed by atoms with Crippen molar-refractivity contribution in [3.8, 4) is 0 Å². The fourth-order valence-corrected chi connectivity index (χ4v) is 5.44. The number of nitrogens with one attached hydrogen (secondary N) is 1. The van der Waals surface area contributed by atoms with Gasteiger partial charge in [0.1, 0.15) is 5.82 Å². The Morgan fingerprint density at radius 1 is 1.16 bits per heavy atom. The lowest BCUT2D eigenvalue weighted by atomic mass is 9.74. The molecule has 3 heterocycles. The second kappa shape index (κ2) is 9.02. The Morgan fingerprint density at radius 3 is 2.52 bits per heavy atom. The average molecular weight is 433 g/mol. The summed E-state index contributed by atoms with van der Waals surface area (Å²) in [5, 5.41) is 2.89. The monoisotopic (exact) mass is 432 g/mol. The van der Waals surface area contributed by atoms with Crippen molar-refractivity contribution >= 4 is 17.8 Å². The minimum atomic E-state index is -0.246. The molecule has 3 aliphatic heterocycles. The molecule has 1 aromatic rings. The summed E-state index contributed by atoms with van der Waals surface area (Å²) in [5.74, 6) is -0.246. The van der Waals surface area contributed by atoms with Gasteiger partial charge in [-0.2, -0.15) is 0 Å². The summed E-state index contributed by atoms with van der Waals surface area (Å²) < 4.78 is 19.2. The molecule has 4 rings (SSSR count). The molecule has 3 aliphatic rings. The molecule has 3 amide bonds. The molecule has 0 aliphatic carbocycles. The summed E-state index contributed by atoms with van der Waals surface area (Å²) in [5.41, 5.74) is 1.61. The summed E-state index contributed by atoms with van der Waals surface area (Å²) in [6.45, 7) is 8.60. The highest BCUT2D eigenvalue weighted by Crippen LogP contribution is 2.47. The number of carbonyl (C=O) groups is 2. The van der Waals surface area contributed by atoms with Crippen LogP contribution in [0.1, 0.15) is 45.1 Å². The van der Waals surface area contributed by atoms with Gasteiger partial charge >= 0.3 is 12.1 Å². The van der Waals surface area contributed by atoms with Crippen LogP contribution in [0.4, 0.5) is 19.7 Å². The number of halogens is 1. The zero-order valence-electron chi connectivity index (χ0n) is 18.5. The first-order valence-corrected chi connectivity index (χ1v) is 11.5. The summed E-state index contributed by atoms with van der Waals surface area (Å²) >= 11 is 0. The molecule has 0 unspecified atom stereocenters. The molecule has 8 heteroatoms. The van der Waals surface area contributed by atoms with Gasteiger partial charge in [0, 0.05) is 43.3 Å². The number of likely N-dealkylation sites (tertiary alicyclic amines) is 2. The fourth-order valence-electron chi connectivity index (χ4n) is 5.44. The summed E-state index contributed by atoms with van der Waals surface area (Å²) in [7, 11) is 0. The van der Waals surface area contributed by atoms with E-state index < -0.39 is 0 Å². The third-order valence-electron chi connectivity index (χ3n) is 7.12. The Kier molecular flexibility index (Phi) is 6.36. The number of hydrogen-bond acceptors (Lipinski definition) is 4. The van der Waals surface area contributed by atoms with E-state index in [9.17, 15) is 14.0 Å². The lowest BCUT2D eigenvalue weighted by Gasteiger charge is -2.45. The molecule has 1 spiro atoms. The van der Waals surface area contributed by atoms with Crippen molar-refractivity contribution in [2.75, 3.05) is 50.8 Å². The van der Waals surface area contributed by atoms with Crippen LogP contribution >= 0.6 is 0 Å². The number of urea groups is 1. The van der Waals surface area contributed by atoms with Crippen LogP contribution in [-0.2, 0) is 10.2 Å². The second-order valence-electron chi connectivity index (χ2n) is 8.82. The quantitative estimate of drug-likeness (QED) is 0.796. The number of carbonyl (C=O) groups excluding carboxylic acids is 2. The Hall–Kier alpha value is -2.35. The van der Waals surface area contributed by atoms with Crippen LogP contribution in [0.3, 0.4) is 0 Å². The zero-order chi connectivity index (χ0) is 22.0. The minimum Gasteiger partial charge on any atom is -0.450 e. The number of amides is 3. The smallest absolute Gasteiger partial charge is 0.409 e. The number of nitrogens with zero attached hydrogens (tertiary/aromatic N) is 3. The highest BCUT2D eigenvalue weighted by molar-refractivity contribution is 5.95. The third kappa shape index (κ3) is 4.22. The molecule has 31 heavy (non-hydrogen) atoms. The summed E-state index contributed by atoms with van der Waals surface area (Å²) in [4.78, 5) is 30.7. The van der Waals surface area contributed by atoms with Gasteiger partial charge < -0.3 is 19.9 Å². The van der Waals surface area contributed by atoms with Crippen LogP contribution in [0.2, 0.25) is 0 Å². The topological polar surface area (TPSA) is 65.1 Å². The van der Waals surface area contributed by atoms with Gasteiger partial charge in [-0.05, 0) is 76.4 Å². The van der Waals surface area contributed by atoms with Gasteiger partial charge in [0.25, 0.3) is 0 Å². The Bertz CT molecular complexity index is 817. The van der Waals surface area contributed by atoms with Crippen LogP contribution in [0.15, 0.2) is 18.2 Å². The van der Waals surface area contributed by atoms with Gasteiger partial charge in [0.2, 0.25) is 0 Å². The van der Waals surface area contributed by atoms with Gasteiger partial charge in [-0.15, -0.1) is 0 Å². The number of piperidine rings is 2. The van der Waals surface area contributed by atoms with Crippen LogP contribution in [0.25, 0.3) is 0 Å². The van der Waals surface area contributed by atoms with E-state index in [4.69, 9.17) is 4.74 Å². The zero-order valence-corrected chi connectivity index (χ0v) is 18.5. The van der Waals surface area contributed by atoms with Crippen molar-refractivity contribution in [1.29, 1.82) is 0 Å². The van der Waals surface area contributed by atoms with E-state index in [1.165, 1.54) is 6.07 Å². The Balaban J connectivity index is 1.42. The number of rotatable bonds is 3. The molecule has 0 atom stereocenters. The number of hydrogen-bond donors (Lipinski definition) is 1. The maximum absolute atomic E-state index is 14.1. The van der Waals surface area contributed by atoms with E-state index in [2.05, 4.69) is 10.2 Å². The third-order valence-corrected chi connectivity index (χ3v) is 7.12. The highest BCUT2D eigenvalue weighted by Gasteiger charge is 2.47. The van der Waals surface area contributed by atoms with Crippen molar-refractivity contribution in [3.05, 3.63) is 29.6 Å². The molecule has 1 N–H and O–H groups in total. The second-order valence-corrected chi connectivity index (χ2v) is 8.82. The SMILES string of the molecule is CCNC(=O)N1CC2(CCN(C3CCN(C(=O)OCC)CC3)CC2)c2cc(F)ccc21. The maximum atomic E-state index is 14.1. The van der Waals surface area contributed by atoms with E-state index in [-0.39, 0.29) is 23.4 Å². The van der Waals surface area contributed by atoms with Gasteiger partial charge in [0.05, 0.1) is 6.61 Å². The van der Waals surface area contributed by atoms with Crippen molar-refractivity contribution in [1.82, 2.24) is 15.1 Å². The Labute approximate surface area is 183 Å². The molecule has 7 nitrogen and oxygen atoms in total. The van der Waals surface area contributed by atoms with Crippen molar-refractivity contribution in [2.45, 2.75) is 51.0 Å². The van der Waals surface area contributed by atoms with E-state index in [0.29, 0.717) is 25.7 Å². The average Bonchev–Trinajstić information content (AvgIpc) is 3.08. The molecule has 2 saturated heterocycles. The van der Waals surface area contributed by atoms with Crippen molar-refractivity contribution in [2.24, 2.45) is 0 Å². The number of fused-ring (bicyclic) bond motifs is 2. The standard InChI is InChI=1S/C23H33FN4O3/c1-3-25-21(29)28-16-23(19-15-17(24)5-6-20(19)28)9-13-26(14-10-23)18-7-11-27(12-8-18)22(30)31-4-2/h5-6,15,18H,3-4,7-14,16H2,1-2H3,(H,25,29). The van der Waals surface area contributed by atoms with Crippen LogP contribution in [0.5, 0.6) is 0 Å². The molecule has 170 valence electrons. The fraction of sp³-hybridized carbons (Fsp3) is 0.652. The molecule has 0 bridgehead atoms. The number of benzene rings is 1. The minimum absolute atomic E-state index is 0.110. The highest BCUT2D eigenvalue weighted by atomic mass is 19.1. The van der Waals surface area contributed by atoms with E-state index in [0.717, 1.165) is 63.1 Å². The van der Waals surface area contributed by atoms with Gasteiger partial charge in [0.15, 0.2) is 0 Å². The van der Waals surface area contributed by atoms with Crippen LogP contribution in [-0.4, -0.2) is 73.8 Å². The summed E-state index contributed by atoms with van der Waals surface area (Å²) in [6, 6.07) is 5.15. The molecule has 1 aromatic carbocycles. The van der Waals surface area contributed by atoms with E-state index >= 15 is 0 Å². The molecule has 0 radical (unpaired) electrons. The lowest BCUT2D eigenvalue weighted by Crippen LogP contribution is -2.53. The maximum Gasteiger partial charge on any atom is 0.409 e. The molecule has 0 saturated carbocycles. The number of anilines is 1. The van der Waals surface area contributed by atoms with Crippen molar-refractivity contribution in [3.63, 3.8) is 0 Å². The Morgan fingerprint density at radius 2 is 1.87 bits per heavy atom. The predicted octanol–water partition coefficient (Wildman–Crippen LogP) is 3.33. The van der Waals surface area contributed by atoms with E-state index in [1.54, 1.807) is 21.9 Å². The lowest BCUT2D eigenvalue weighted by molar-refractivity contribution is 0.0580. The first-order valence-electron chi connectivity index (χ1n) is 11.5. The first-order chi connectivity index (χ1) is 15.0. The van der Waals surface area contributed by atoms with Gasteiger partial charge in [-0.1, -0.05) is 0 Å². The molecular formula is C23H33FN4O3. The van der Waals surface area contributed by atoms with E-state index in [1.807, 2.05) is 13.8 Å². The largest absolute Gasteiger partial charge is 0.450 e. The van der Waals surface area contributed by atoms with Crippen molar-refractivity contribution < 1.29 is 18.7 Å². The molecule has 0 aromatic heterocycles. The summed E-state index contributed by atoms with van der Waals surface area (Å²) in [6.07, 6.45) is 3.48. The predicted molar refractivity (Wildman–Crippen MR) is 117 cm³/mol.